The van der Waals surface area contributed by atoms with Crippen LogP contribution in [0.5, 0.6) is 0 Å². The second-order valence-electron chi connectivity index (χ2n) is 5.22. The Hall–Kier alpha value is -3.08. The summed E-state index contributed by atoms with van der Waals surface area (Å²) in [6, 6.07) is 9.23. The molecule has 3 aromatic rings. The van der Waals surface area contributed by atoms with Crippen molar-refractivity contribution in [3.63, 3.8) is 0 Å². The average molecular weight is 384 g/mol. The second kappa shape index (κ2) is 6.33. The van der Waals surface area contributed by atoms with Crippen molar-refractivity contribution < 1.29 is 26.4 Å². The highest BCUT2D eigenvalue weighted by Gasteiger charge is 2.38. The lowest BCUT2D eigenvalue weighted by Crippen LogP contribution is -2.29. The molecule has 7 nitrogen and oxygen atoms in total. The molecule has 11 heteroatoms. The van der Waals surface area contributed by atoms with Crippen molar-refractivity contribution in [1.82, 2.24) is 10.2 Å². The quantitative estimate of drug-likeness (QED) is 0.643. The van der Waals surface area contributed by atoms with E-state index in [0.717, 1.165) is 24.3 Å². The van der Waals surface area contributed by atoms with Gasteiger partial charge >= 0.3 is 12.1 Å². The van der Waals surface area contributed by atoms with E-state index in [1.165, 1.54) is 12.3 Å². The third-order valence-corrected chi connectivity index (χ3v) is 4.78. The van der Waals surface area contributed by atoms with E-state index < -0.39 is 22.1 Å². The molecule has 0 bridgehead atoms. The van der Waals surface area contributed by atoms with Crippen LogP contribution in [-0.2, 0) is 14.8 Å². The van der Waals surface area contributed by atoms with E-state index in [1.807, 2.05) is 0 Å². The number of nitrogens with zero attached hydrogens (tertiary/aromatic N) is 1. The van der Waals surface area contributed by atoms with E-state index in [-0.39, 0.29) is 16.3 Å². The highest BCUT2D eigenvalue weighted by atomic mass is 32.2. The van der Waals surface area contributed by atoms with Gasteiger partial charge in [-0.3, -0.25) is 14.6 Å². The number of nitrogens with one attached hydrogen (secondary N) is 3. The smallest absolute Gasteiger partial charge is 0.318 e. The molecule has 0 spiro atoms. The van der Waals surface area contributed by atoms with Crippen LogP contribution in [0.25, 0.3) is 10.9 Å². The molecule has 0 atom stereocenters. The minimum absolute atomic E-state index is 0.179. The number of anilines is 2. The number of carbonyl (C=O) groups excluding carboxylic acids is 1. The first-order valence-corrected chi connectivity index (χ1v) is 8.58. The number of halogens is 3. The van der Waals surface area contributed by atoms with Gasteiger partial charge in [-0.05, 0) is 30.3 Å². The van der Waals surface area contributed by atoms with Gasteiger partial charge < -0.3 is 5.32 Å². The minimum atomic E-state index is -5.03. The number of alkyl halides is 3. The average Bonchev–Trinajstić information content (AvgIpc) is 3.04. The van der Waals surface area contributed by atoms with Gasteiger partial charge in [0.2, 0.25) is 0 Å². The predicted molar refractivity (Wildman–Crippen MR) is 88.0 cm³/mol. The van der Waals surface area contributed by atoms with Crippen molar-refractivity contribution in [2.24, 2.45) is 0 Å². The number of amides is 1. The highest BCUT2D eigenvalue weighted by molar-refractivity contribution is 7.92. The highest BCUT2D eigenvalue weighted by Crippen LogP contribution is 2.25. The summed E-state index contributed by atoms with van der Waals surface area (Å²) in [5, 5.41) is 8.85. The number of para-hydroxylation sites is 1. The zero-order valence-corrected chi connectivity index (χ0v) is 13.6. The summed E-state index contributed by atoms with van der Waals surface area (Å²) >= 11 is 0. The Kier molecular flexibility index (Phi) is 4.32. The van der Waals surface area contributed by atoms with Crippen LogP contribution in [0.4, 0.5) is 24.5 Å². The number of aromatic amines is 1. The minimum Gasteiger partial charge on any atom is -0.318 e. The number of aromatic nitrogens is 2. The molecule has 0 aliphatic rings. The SMILES string of the molecule is O=C(Nc1ccc(S(=O)(=O)Nc2cccc3cn[nH]c23)cc1)C(F)(F)F. The third kappa shape index (κ3) is 3.61. The molecule has 1 aromatic heterocycles. The first-order chi connectivity index (χ1) is 12.2. The molecular weight excluding hydrogens is 373 g/mol. The van der Waals surface area contributed by atoms with Crippen LogP contribution in [0, 0.1) is 0 Å². The molecule has 0 aliphatic carbocycles. The summed E-state index contributed by atoms with van der Waals surface area (Å²) in [6.45, 7) is 0. The lowest BCUT2D eigenvalue weighted by Gasteiger charge is -2.11. The Balaban J connectivity index is 1.82. The normalized spacial score (nSPS) is 12.1. The topological polar surface area (TPSA) is 104 Å². The maximum atomic E-state index is 12.4. The molecule has 0 unspecified atom stereocenters. The maximum absolute atomic E-state index is 12.4. The van der Waals surface area contributed by atoms with Crippen LogP contribution in [-0.4, -0.2) is 30.7 Å². The predicted octanol–water partition coefficient (Wildman–Crippen LogP) is 2.86. The van der Waals surface area contributed by atoms with Crippen LogP contribution in [0.1, 0.15) is 0 Å². The number of hydrogen-bond donors (Lipinski definition) is 3. The molecule has 1 heterocycles. The van der Waals surface area contributed by atoms with E-state index in [9.17, 15) is 26.4 Å². The first kappa shape index (κ1) is 17.7. The zero-order valence-electron chi connectivity index (χ0n) is 12.8. The number of carbonyl (C=O) groups is 1. The zero-order chi connectivity index (χ0) is 18.9. The Morgan fingerprint density at radius 3 is 2.42 bits per heavy atom. The number of rotatable bonds is 4. The van der Waals surface area contributed by atoms with Crippen molar-refractivity contribution in [1.29, 1.82) is 0 Å². The van der Waals surface area contributed by atoms with Gasteiger partial charge in [0.1, 0.15) is 0 Å². The number of H-pyrrole nitrogens is 1. The molecule has 2 aromatic carbocycles. The van der Waals surface area contributed by atoms with E-state index in [1.54, 1.807) is 17.4 Å². The van der Waals surface area contributed by atoms with Gasteiger partial charge in [-0.25, -0.2) is 8.42 Å². The first-order valence-electron chi connectivity index (χ1n) is 7.10. The summed E-state index contributed by atoms with van der Waals surface area (Å²) < 4.78 is 63.9. The van der Waals surface area contributed by atoms with Crippen molar-refractivity contribution in [3.8, 4) is 0 Å². The van der Waals surface area contributed by atoms with Crippen LogP contribution in [0.3, 0.4) is 0 Å². The van der Waals surface area contributed by atoms with Gasteiger partial charge in [-0.15, -0.1) is 0 Å². The number of fused-ring (bicyclic) bond motifs is 1. The monoisotopic (exact) mass is 384 g/mol. The number of sulfonamides is 1. The maximum Gasteiger partial charge on any atom is 0.471 e. The largest absolute Gasteiger partial charge is 0.471 e. The molecule has 3 N–H and O–H groups in total. The Morgan fingerprint density at radius 2 is 1.77 bits per heavy atom. The fourth-order valence-corrected chi connectivity index (χ4v) is 3.25. The van der Waals surface area contributed by atoms with E-state index in [0.29, 0.717) is 10.9 Å². The summed E-state index contributed by atoms with van der Waals surface area (Å²) in [6.07, 6.45) is -3.50. The molecule has 0 saturated carbocycles. The van der Waals surface area contributed by atoms with Crippen LogP contribution >= 0.6 is 0 Å². The molecule has 3 rings (SSSR count). The van der Waals surface area contributed by atoms with Crippen molar-refractivity contribution in [3.05, 3.63) is 48.7 Å². The van der Waals surface area contributed by atoms with Crippen molar-refractivity contribution >= 4 is 38.2 Å². The van der Waals surface area contributed by atoms with Gasteiger partial charge in [-0.2, -0.15) is 18.3 Å². The van der Waals surface area contributed by atoms with Gasteiger partial charge in [0.25, 0.3) is 10.0 Å². The Bertz CT molecular complexity index is 1060. The third-order valence-electron chi connectivity index (χ3n) is 3.40. The molecule has 1 amide bonds. The van der Waals surface area contributed by atoms with Crippen LogP contribution in [0.15, 0.2) is 53.6 Å². The lowest BCUT2D eigenvalue weighted by molar-refractivity contribution is -0.167. The molecule has 0 fully saturated rings. The van der Waals surface area contributed by atoms with E-state index in [2.05, 4.69) is 14.9 Å². The van der Waals surface area contributed by atoms with Gasteiger partial charge in [0.05, 0.1) is 22.3 Å². The summed E-state index contributed by atoms with van der Waals surface area (Å²) in [5.74, 6) is -2.14. The van der Waals surface area contributed by atoms with E-state index >= 15 is 0 Å². The molecule has 136 valence electrons. The summed E-state index contributed by atoms with van der Waals surface area (Å²) in [4.78, 5) is 10.7. The van der Waals surface area contributed by atoms with Crippen molar-refractivity contribution in [2.75, 3.05) is 10.0 Å². The summed E-state index contributed by atoms with van der Waals surface area (Å²) in [7, 11) is -3.99. The van der Waals surface area contributed by atoms with Crippen LogP contribution in [0.2, 0.25) is 0 Å². The molecule has 26 heavy (non-hydrogen) atoms. The van der Waals surface area contributed by atoms with Gasteiger partial charge in [0, 0.05) is 11.1 Å². The molecule has 0 aliphatic heterocycles. The fourth-order valence-electron chi connectivity index (χ4n) is 2.18. The molecule has 0 saturated heterocycles. The number of benzene rings is 2. The van der Waals surface area contributed by atoms with Gasteiger partial charge in [-0.1, -0.05) is 12.1 Å². The standard InChI is InChI=1S/C15H11F3N4O3S/c16-15(17,18)14(23)20-10-4-6-11(7-5-10)26(24,25)22-12-3-1-2-9-8-19-21-13(9)12/h1-8,22H,(H,19,21)(H,20,23). The molecule has 0 radical (unpaired) electrons. The summed E-state index contributed by atoms with van der Waals surface area (Å²) in [5.41, 5.74) is 0.585. The Morgan fingerprint density at radius 1 is 1.08 bits per heavy atom. The van der Waals surface area contributed by atoms with Gasteiger partial charge in [0.15, 0.2) is 0 Å². The number of hydrogen-bond acceptors (Lipinski definition) is 4. The fraction of sp³-hybridized carbons (Fsp3) is 0.0667. The molecular formula is C15H11F3N4O3S. The van der Waals surface area contributed by atoms with E-state index in [4.69, 9.17) is 0 Å². The second-order valence-corrected chi connectivity index (χ2v) is 6.90. The van der Waals surface area contributed by atoms with Crippen molar-refractivity contribution in [2.45, 2.75) is 11.1 Å². The Labute approximate surface area is 145 Å². The van der Waals surface area contributed by atoms with Crippen LogP contribution < -0.4 is 10.0 Å². The lowest BCUT2D eigenvalue weighted by atomic mass is 10.2.